The molecule has 1 fully saturated rings. The van der Waals surface area contributed by atoms with Crippen molar-refractivity contribution in [2.75, 3.05) is 0 Å². The van der Waals surface area contributed by atoms with Gasteiger partial charge in [-0.25, -0.2) is 18.0 Å². The van der Waals surface area contributed by atoms with Gasteiger partial charge in [0.15, 0.2) is 17.5 Å². The van der Waals surface area contributed by atoms with Gasteiger partial charge in [0.2, 0.25) is 0 Å². The number of halogens is 3. The van der Waals surface area contributed by atoms with E-state index in [1.807, 2.05) is 0 Å². The molecule has 4 nitrogen and oxygen atoms in total. The van der Waals surface area contributed by atoms with Crippen LogP contribution in [-0.4, -0.2) is 34.0 Å². The molecule has 0 radical (unpaired) electrons. The summed E-state index contributed by atoms with van der Waals surface area (Å²) in [5, 5.41) is 8.97. The highest BCUT2D eigenvalue weighted by Gasteiger charge is 2.39. The highest BCUT2D eigenvalue weighted by atomic mass is 19.2. The molecule has 1 N–H and O–H groups in total. The molecular weight excluding hydrogens is 275 g/mol. The first-order valence-corrected chi connectivity index (χ1v) is 6.03. The largest absolute Gasteiger partial charge is 0.480 e. The summed E-state index contributed by atoms with van der Waals surface area (Å²) in [6.45, 7) is 1.29. The third kappa shape index (κ3) is 2.48. The number of carboxylic acid groups (broad SMARTS) is 1. The van der Waals surface area contributed by atoms with Crippen molar-refractivity contribution in [3.05, 3.63) is 35.1 Å². The second-order valence-corrected chi connectivity index (χ2v) is 4.68. The highest BCUT2D eigenvalue weighted by Crippen LogP contribution is 2.31. The summed E-state index contributed by atoms with van der Waals surface area (Å²) < 4.78 is 39.6. The lowest BCUT2D eigenvalue weighted by Gasteiger charge is -2.26. The van der Waals surface area contributed by atoms with Crippen LogP contribution in [0.25, 0.3) is 0 Å². The molecule has 1 aromatic carbocycles. The summed E-state index contributed by atoms with van der Waals surface area (Å²) in [6, 6.07) is -0.00836. The number of carbonyl (C=O) groups is 2. The summed E-state index contributed by atoms with van der Waals surface area (Å²) in [7, 11) is 0. The number of aliphatic carboxylic acids is 1. The van der Waals surface area contributed by atoms with Gasteiger partial charge in [-0.1, -0.05) is 0 Å². The molecule has 108 valence electrons. The fourth-order valence-electron chi connectivity index (χ4n) is 1.96. The lowest BCUT2D eigenvalue weighted by atomic mass is 10.1. The van der Waals surface area contributed by atoms with Crippen molar-refractivity contribution in [2.24, 2.45) is 0 Å². The zero-order valence-corrected chi connectivity index (χ0v) is 10.6. The topological polar surface area (TPSA) is 57.6 Å². The van der Waals surface area contributed by atoms with Crippen LogP contribution >= 0.6 is 0 Å². The Morgan fingerprint density at radius 1 is 1.25 bits per heavy atom. The summed E-state index contributed by atoms with van der Waals surface area (Å²) in [6.07, 6.45) is 1.21. The molecule has 20 heavy (non-hydrogen) atoms. The van der Waals surface area contributed by atoms with E-state index in [-0.39, 0.29) is 6.04 Å². The van der Waals surface area contributed by atoms with Gasteiger partial charge in [-0.15, -0.1) is 0 Å². The van der Waals surface area contributed by atoms with Crippen molar-refractivity contribution in [1.29, 1.82) is 0 Å². The van der Waals surface area contributed by atoms with E-state index in [0.717, 1.165) is 11.0 Å². The monoisotopic (exact) mass is 287 g/mol. The molecule has 0 aliphatic heterocycles. The van der Waals surface area contributed by atoms with Crippen molar-refractivity contribution in [1.82, 2.24) is 4.90 Å². The minimum Gasteiger partial charge on any atom is -0.480 e. The summed E-state index contributed by atoms with van der Waals surface area (Å²) >= 11 is 0. The number of carboxylic acids is 1. The van der Waals surface area contributed by atoms with Crippen molar-refractivity contribution in [2.45, 2.75) is 31.8 Å². The van der Waals surface area contributed by atoms with Crippen molar-refractivity contribution < 1.29 is 27.9 Å². The van der Waals surface area contributed by atoms with Gasteiger partial charge in [-0.3, -0.25) is 4.79 Å². The zero-order valence-electron chi connectivity index (χ0n) is 10.6. The van der Waals surface area contributed by atoms with E-state index in [2.05, 4.69) is 0 Å². The van der Waals surface area contributed by atoms with Gasteiger partial charge in [0.25, 0.3) is 5.91 Å². The Bertz CT molecular complexity index is 572. The lowest BCUT2D eigenvalue weighted by Crippen LogP contribution is -2.45. The first-order valence-electron chi connectivity index (χ1n) is 6.03. The number of benzene rings is 1. The number of carbonyl (C=O) groups excluding carboxylic acids is 1. The molecule has 7 heteroatoms. The first kappa shape index (κ1) is 14.4. The number of hydrogen-bond acceptors (Lipinski definition) is 2. The second kappa shape index (κ2) is 5.15. The van der Waals surface area contributed by atoms with E-state index >= 15 is 0 Å². The van der Waals surface area contributed by atoms with Gasteiger partial charge in [-0.2, -0.15) is 0 Å². The van der Waals surface area contributed by atoms with Crippen LogP contribution in [0.2, 0.25) is 0 Å². The highest BCUT2D eigenvalue weighted by molar-refractivity contribution is 5.97. The molecule has 1 aromatic rings. The van der Waals surface area contributed by atoms with Crippen LogP contribution < -0.4 is 0 Å². The smallest absolute Gasteiger partial charge is 0.326 e. The van der Waals surface area contributed by atoms with E-state index in [1.165, 1.54) is 6.92 Å². The lowest BCUT2D eigenvalue weighted by molar-refractivity contribution is -0.141. The SMILES string of the molecule is CC(C(=O)O)N(C(=O)c1ccc(F)c(F)c1F)C1CC1. The molecule has 0 spiro atoms. The average molecular weight is 287 g/mol. The quantitative estimate of drug-likeness (QED) is 0.864. The second-order valence-electron chi connectivity index (χ2n) is 4.68. The molecule has 1 aliphatic carbocycles. The third-order valence-electron chi connectivity index (χ3n) is 3.22. The standard InChI is InChI=1S/C13H12F3NO3/c1-6(13(19)20)17(7-2-3-7)12(18)8-4-5-9(14)11(16)10(8)15/h4-7H,2-3H2,1H3,(H,19,20). The minimum absolute atomic E-state index is 0.305. The van der Waals surface area contributed by atoms with E-state index in [1.54, 1.807) is 0 Å². The summed E-state index contributed by atoms with van der Waals surface area (Å²) in [5.74, 6) is -6.93. The predicted molar refractivity (Wildman–Crippen MR) is 62.6 cm³/mol. The molecule has 0 bridgehead atoms. The normalized spacial score (nSPS) is 15.8. The Balaban J connectivity index is 2.38. The number of rotatable bonds is 4. The van der Waals surface area contributed by atoms with Crippen molar-refractivity contribution in [3.8, 4) is 0 Å². The van der Waals surface area contributed by atoms with E-state index < -0.39 is 40.9 Å². The molecule has 1 saturated carbocycles. The van der Waals surface area contributed by atoms with Crippen LogP contribution in [0.5, 0.6) is 0 Å². The molecule has 0 heterocycles. The Labute approximate surface area is 112 Å². The van der Waals surface area contributed by atoms with Crippen LogP contribution in [0, 0.1) is 17.5 Å². The van der Waals surface area contributed by atoms with Gasteiger partial charge in [0.1, 0.15) is 6.04 Å². The van der Waals surface area contributed by atoms with Crippen LogP contribution in [-0.2, 0) is 4.79 Å². The average Bonchev–Trinajstić information content (AvgIpc) is 3.20. The molecule has 1 atom stereocenters. The molecular formula is C13H12F3NO3. The van der Waals surface area contributed by atoms with E-state index in [4.69, 9.17) is 5.11 Å². The molecule has 2 rings (SSSR count). The summed E-state index contributed by atoms with van der Waals surface area (Å²) in [5.41, 5.74) is -0.663. The van der Waals surface area contributed by atoms with Crippen LogP contribution in [0.1, 0.15) is 30.1 Å². The van der Waals surface area contributed by atoms with Crippen LogP contribution in [0.15, 0.2) is 12.1 Å². The zero-order chi connectivity index (χ0) is 15.0. The Morgan fingerprint density at radius 2 is 1.85 bits per heavy atom. The maximum atomic E-state index is 13.6. The third-order valence-corrected chi connectivity index (χ3v) is 3.22. The predicted octanol–water partition coefficient (Wildman–Crippen LogP) is 2.18. The Hall–Kier alpha value is -2.05. The molecule has 1 aliphatic rings. The number of nitrogens with zero attached hydrogens (tertiary/aromatic N) is 1. The maximum Gasteiger partial charge on any atom is 0.326 e. The molecule has 0 saturated heterocycles. The van der Waals surface area contributed by atoms with Gasteiger partial charge in [0, 0.05) is 6.04 Å². The minimum atomic E-state index is -1.74. The summed E-state index contributed by atoms with van der Waals surface area (Å²) in [4.78, 5) is 24.2. The van der Waals surface area contributed by atoms with Crippen molar-refractivity contribution in [3.63, 3.8) is 0 Å². The van der Waals surface area contributed by atoms with Crippen LogP contribution in [0.4, 0.5) is 13.2 Å². The fourth-order valence-corrected chi connectivity index (χ4v) is 1.96. The van der Waals surface area contributed by atoms with E-state index in [0.29, 0.717) is 18.9 Å². The fraction of sp³-hybridized carbons (Fsp3) is 0.385. The van der Waals surface area contributed by atoms with Crippen molar-refractivity contribution >= 4 is 11.9 Å². The van der Waals surface area contributed by atoms with Gasteiger partial charge in [-0.05, 0) is 31.9 Å². The van der Waals surface area contributed by atoms with Crippen LogP contribution in [0.3, 0.4) is 0 Å². The maximum absolute atomic E-state index is 13.6. The molecule has 0 aromatic heterocycles. The Morgan fingerprint density at radius 3 is 2.35 bits per heavy atom. The van der Waals surface area contributed by atoms with E-state index in [9.17, 15) is 22.8 Å². The molecule has 1 amide bonds. The van der Waals surface area contributed by atoms with Gasteiger partial charge < -0.3 is 10.0 Å². The number of amides is 1. The van der Waals surface area contributed by atoms with Gasteiger partial charge >= 0.3 is 5.97 Å². The van der Waals surface area contributed by atoms with Gasteiger partial charge in [0.05, 0.1) is 5.56 Å². The number of hydrogen-bond donors (Lipinski definition) is 1. The molecule has 1 unspecified atom stereocenters. The Kier molecular flexibility index (Phi) is 3.69. The first-order chi connectivity index (χ1) is 9.34.